The molecule has 1 aliphatic rings. The van der Waals surface area contributed by atoms with E-state index in [-0.39, 0.29) is 17.8 Å². The van der Waals surface area contributed by atoms with Crippen LogP contribution in [0.1, 0.15) is 27.0 Å². The first kappa shape index (κ1) is 21.9. The van der Waals surface area contributed by atoms with Gasteiger partial charge in [-0.2, -0.15) is 0 Å². The van der Waals surface area contributed by atoms with Gasteiger partial charge in [0.15, 0.2) is 0 Å². The molecule has 3 aromatic rings. The van der Waals surface area contributed by atoms with Crippen molar-refractivity contribution in [2.45, 2.75) is 13.0 Å². The summed E-state index contributed by atoms with van der Waals surface area (Å²) in [5.41, 5.74) is 2.58. The number of hydrogen-bond donors (Lipinski definition) is 1. The highest BCUT2D eigenvalue weighted by Crippen LogP contribution is 2.29. The van der Waals surface area contributed by atoms with Gasteiger partial charge in [-0.3, -0.25) is 9.69 Å². The first-order valence-electron chi connectivity index (χ1n) is 10.1. The average Bonchev–Trinajstić information content (AvgIpc) is 3.18. The minimum atomic E-state index is -0.275. The molecule has 0 saturated carbocycles. The number of amides is 1. The number of halogens is 2. The van der Waals surface area contributed by atoms with Crippen molar-refractivity contribution in [1.29, 1.82) is 0 Å². The maximum absolute atomic E-state index is 13.4. The van der Waals surface area contributed by atoms with E-state index >= 15 is 0 Å². The van der Waals surface area contributed by atoms with Crippen LogP contribution >= 0.6 is 22.9 Å². The van der Waals surface area contributed by atoms with Crippen molar-refractivity contribution in [3.63, 3.8) is 0 Å². The number of nitrogens with zero attached hydrogens (tertiary/aromatic N) is 2. The second kappa shape index (κ2) is 9.87. The molecular weight excluding hydrogens is 437 g/mol. The van der Waals surface area contributed by atoms with Crippen LogP contribution < -0.4 is 5.32 Å². The van der Waals surface area contributed by atoms with Crippen molar-refractivity contribution in [2.75, 3.05) is 32.8 Å². The molecular formula is C23H23ClFN3O2S. The lowest BCUT2D eigenvalue weighted by atomic mass is 10.0. The van der Waals surface area contributed by atoms with Crippen LogP contribution in [0.15, 0.2) is 48.5 Å². The summed E-state index contributed by atoms with van der Waals surface area (Å²) in [6.07, 6.45) is 0. The SMILES string of the molecule is Cc1nc(-c2ccc(Cl)cc2)sc1C(=O)NC[C@H](c1ccc(F)cc1)N1CCOCC1. The number of carbonyl (C=O) groups is 1. The van der Waals surface area contributed by atoms with Gasteiger partial charge in [-0.1, -0.05) is 35.9 Å². The summed E-state index contributed by atoms with van der Waals surface area (Å²) in [7, 11) is 0. The number of benzene rings is 2. The molecule has 1 fully saturated rings. The number of morpholine rings is 1. The summed E-state index contributed by atoms with van der Waals surface area (Å²) in [4.78, 5) is 20.4. The van der Waals surface area contributed by atoms with Gasteiger partial charge < -0.3 is 10.1 Å². The molecule has 2 heterocycles. The van der Waals surface area contributed by atoms with Crippen LogP contribution in [0.4, 0.5) is 4.39 Å². The second-order valence-electron chi connectivity index (χ2n) is 7.37. The highest BCUT2D eigenvalue weighted by Gasteiger charge is 2.24. The Balaban J connectivity index is 1.49. The van der Waals surface area contributed by atoms with E-state index in [0.29, 0.717) is 35.4 Å². The van der Waals surface area contributed by atoms with Crippen LogP contribution in [0.3, 0.4) is 0 Å². The zero-order valence-electron chi connectivity index (χ0n) is 17.1. The van der Waals surface area contributed by atoms with Gasteiger partial charge in [-0.25, -0.2) is 9.37 Å². The molecule has 1 atom stereocenters. The number of ether oxygens (including phenoxy) is 1. The minimum absolute atomic E-state index is 0.0580. The molecule has 1 aliphatic heterocycles. The minimum Gasteiger partial charge on any atom is -0.379 e. The first-order valence-corrected chi connectivity index (χ1v) is 11.3. The summed E-state index contributed by atoms with van der Waals surface area (Å²) in [5, 5.41) is 4.50. The predicted octanol–water partition coefficient (Wildman–Crippen LogP) is 4.71. The number of nitrogens with one attached hydrogen (secondary N) is 1. The molecule has 1 saturated heterocycles. The van der Waals surface area contributed by atoms with Crippen LogP contribution in [-0.4, -0.2) is 48.6 Å². The molecule has 1 N–H and O–H groups in total. The maximum atomic E-state index is 13.4. The van der Waals surface area contributed by atoms with Crippen LogP contribution in [0, 0.1) is 12.7 Å². The smallest absolute Gasteiger partial charge is 0.263 e. The molecule has 1 aromatic heterocycles. The molecule has 0 radical (unpaired) electrons. The van der Waals surface area contributed by atoms with Crippen LogP contribution in [-0.2, 0) is 4.74 Å². The lowest BCUT2D eigenvalue weighted by Crippen LogP contribution is -2.43. The van der Waals surface area contributed by atoms with Gasteiger partial charge in [0.1, 0.15) is 15.7 Å². The zero-order valence-corrected chi connectivity index (χ0v) is 18.7. The van der Waals surface area contributed by atoms with Crippen molar-refractivity contribution in [3.8, 4) is 10.6 Å². The van der Waals surface area contributed by atoms with E-state index in [1.165, 1.54) is 23.5 Å². The average molecular weight is 460 g/mol. The Morgan fingerprint density at radius 3 is 2.55 bits per heavy atom. The topological polar surface area (TPSA) is 54.5 Å². The Morgan fingerprint density at radius 2 is 1.87 bits per heavy atom. The maximum Gasteiger partial charge on any atom is 0.263 e. The third-order valence-corrected chi connectivity index (χ3v) is 6.75. The normalized spacial score (nSPS) is 15.6. The van der Waals surface area contributed by atoms with Gasteiger partial charge in [-0.15, -0.1) is 11.3 Å². The Bertz CT molecular complexity index is 1030. The number of rotatable bonds is 6. The Labute approximate surface area is 189 Å². The second-order valence-corrected chi connectivity index (χ2v) is 8.80. The van der Waals surface area contributed by atoms with E-state index in [4.69, 9.17) is 16.3 Å². The fourth-order valence-electron chi connectivity index (χ4n) is 3.62. The molecule has 0 unspecified atom stereocenters. The van der Waals surface area contributed by atoms with Gasteiger partial charge in [0, 0.05) is 30.2 Å². The Kier molecular flexibility index (Phi) is 6.97. The fourth-order valence-corrected chi connectivity index (χ4v) is 4.74. The number of carbonyl (C=O) groups excluding carboxylic acids is 1. The highest BCUT2D eigenvalue weighted by molar-refractivity contribution is 7.17. The molecule has 1 amide bonds. The Hall–Kier alpha value is -2.32. The number of aromatic nitrogens is 1. The molecule has 0 aliphatic carbocycles. The van der Waals surface area contributed by atoms with Crippen molar-refractivity contribution in [2.24, 2.45) is 0 Å². The van der Waals surface area contributed by atoms with Crippen molar-refractivity contribution in [1.82, 2.24) is 15.2 Å². The van der Waals surface area contributed by atoms with E-state index < -0.39 is 0 Å². The third kappa shape index (κ3) is 5.30. The molecule has 0 bridgehead atoms. The van der Waals surface area contributed by atoms with Crippen molar-refractivity contribution in [3.05, 3.63) is 75.5 Å². The lowest BCUT2D eigenvalue weighted by molar-refractivity contribution is 0.0162. The number of hydrogen-bond acceptors (Lipinski definition) is 5. The zero-order chi connectivity index (χ0) is 21.8. The standard InChI is InChI=1S/C23H23ClFN3O2S/c1-15-21(31-23(27-15)17-2-6-18(24)7-3-17)22(29)26-14-20(28-10-12-30-13-11-28)16-4-8-19(25)9-5-16/h2-9,20H,10-14H2,1H3,(H,26,29)/t20-/m1/s1. The number of aryl methyl sites for hydroxylation is 1. The predicted molar refractivity (Wildman–Crippen MR) is 121 cm³/mol. The van der Waals surface area contributed by atoms with Gasteiger partial charge in [0.25, 0.3) is 5.91 Å². The van der Waals surface area contributed by atoms with E-state index in [9.17, 15) is 9.18 Å². The Morgan fingerprint density at radius 1 is 1.19 bits per heavy atom. The third-order valence-electron chi connectivity index (χ3n) is 5.29. The largest absolute Gasteiger partial charge is 0.379 e. The van der Waals surface area contributed by atoms with Gasteiger partial charge in [-0.05, 0) is 36.8 Å². The summed E-state index contributed by atoms with van der Waals surface area (Å²) >= 11 is 7.33. The molecule has 8 heteroatoms. The van der Waals surface area contributed by atoms with Crippen molar-refractivity contribution >= 4 is 28.8 Å². The molecule has 5 nitrogen and oxygen atoms in total. The first-order chi connectivity index (χ1) is 15.0. The summed E-state index contributed by atoms with van der Waals surface area (Å²) in [5.74, 6) is -0.431. The summed E-state index contributed by atoms with van der Waals surface area (Å²) in [6.45, 7) is 5.06. The quantitative estimate of drug-likeness (QED) is 0.579. The lowest BCUT2D eigenvalue weighted by Gasteiger charge is -2.34. The summed E-state index contributed by atoms with van der Waals surface area (Å²) < 4.78 is 18.9. The fraction of sp³-hybridized carbons (Fsp3) is 0.304. The molecule has 4 rings (SSSR count). The van der Waals surface area contributed by atoms with Crippen molar-refractivity contribution < 1.29 is 13.9 Å². The molecule has 31 heavy (non-hydrogen) atoms. The summed E-state index contributed by atoms with van der Waals surface area (Å²) in [6, 6.07) is 13.8. The van der Waals surface area contributed by atoms with Gasteiger partial charge in [0.05, 0.1) is 24.9 Å². The van der Waals surface area contributed by atoms with Crippen LogP contribution in [0.25, 0.3) is 10.6 Å². The number of thiazole rings is 1. The van der Waals surface area contributed by atoms with E-state index in [1.54, 1.807) is 12.1 Å². The molecule has 162 valence electrons. The van der Waals surface area contributed by atoms with Gasteiger partial charge >= 0.3 is 0 Å². The van der Waals surface area contributed by atoms with E-state index in [2.05, 4.69) is 15.2 Å². The van der Waals surface area contributed by atoms with Crippen LogP contribution in [0.5, 0.6) is 0 Å². The van der Waals surface area contributed by atoms with E-state index in [0.717, 1.165) is 29.2 Å². The van der Waals surface area contributed by atoms with E-state index in [1.807, 2.05) is 31.2 Å². The van der Waals surface area contributed by atoms with Gasteiger partial charge in [0.2, 0.25) is 0 Å². The highest BCUT2D eigenvalue weighted by atomic mass is 35.5. The molecule has 2 aromatic carbocycles. The monoisotopic (exact) mass is 459 g/mol. The molecule has 0 spiro atoms. The van der Waals surface area contributed by atoms with Crippen LogP contribution in [0.2, 0.25) is 5.02 Å².